The van der Waals surface area contributed by atoms with Crippen molar-refractivity contribution in [2.45, 2.75) is 66.1 Å². The molecule has 1 aliphatic rings. The second-order valence-corrected chi connectivity index (χ2v) is 6.47. The first-order valence-electron chi connectivity index (χ1n) is 6.61. The van der Waals surface area contributed by atoms with E-state index in [2.05, 4.69) is 27.7 Å². The highest BCUT2D eigenvalue weighted by Crippen LogP contribution is 2.42. The summed E-state index contributed by atoms with van der Waals surface area (Å²) < 4.78 is 5.47. The molecule has 0 spiro atoms. The molecule has 0 aromatic heterocycles. The molecule has 0 aromatic rings. The van der Waals surface area contributed by atoms with Gasteiger partial charge in [0.25, 0.3) is 0 Å². The van der Waals surface area contributed by atoms with Crippen LogP contribution in [-0.2, 0) is 9.53 Å². The van der Waals surface area contributed by atoms with E-state index in [1.165, 1.54) is 13.3 Å². The van der Waals surface area contributed by atoms with Gasteiger partial charge in [0.05, 0.1) is 0 Å². The molecule has 0 heterocycles. The standard InChI is InChI=1S/C14H26O3/c1-9(2)11-6-7-14(4,5)8-12(11)17-13(16)10(3)15/h9-12,15H,6-8H2,1-5H3/t10-,11?,12-/m0/s1. The van der Waals surface area contributed by atoms with Gasteiger partial charge >= 0.3 is 5.97 Å². The van der Waals surface area contributed by atoms with Crippen molar-refractivity contribution in [2.75, 3.05) is 0 Å². The molecule has 1 aliphatic carbocycles. The molecule has 0 saturated heterocycles. The van der Waals surface area contributed by atoms with E-state index in [4.69, 9.17) is 4.74 Å². The van der Waals surface area contributed by atoms with Crippen molar-refractivity contribution in [3.63, 3.8) is 0 Å². The number of carbonyl (C=O) groups excluding carboxylic acids is 1. The largest absolute Gasteiger partial charge is 0.460 e. The molecule has 1 fully saturated rings. The predicted molar refractivity (Wildman–Crippen MR) is 67.5 cm³/mol. The molecule has 1 unspecified atom stereocenters. The zero-order chi connectivity index (χ0) is 13.2. The number of rotatable bonds is 3. The third kappa shape index (κ3) is 3.98. The topological polar surface area (TPSA) is 46.5 Å². The highest BCUT2D eigenvalue weighted by Gasteiger charge is 2.38. The van der Waals surface area contributed by atoms with Crippen molar-refractivity contribution in [2.24, 2.45) is 17.3 Å². The van der Waals surface area contributed by atoms with Gasteiger partial charge in [0.1, 0.15) is 12.2 Å². The normalized spacial score (nSPS) is 30.1. The van der Waals surface area contributed by atoms with Crippen molar-refractivity contribution in [3.8, 4) is 0 Å². The summed E-state index contributed by atoms with van der Waals surface area (Å²) in [6.07, 6.45) is 2.11. The molecule has 3 heteroatoms. The van der Waals surface area contributed by atoms with Crippen molar-refractivity contribution < 1.29 is 14.6 Å². The second kappa shape index (κ2) is 5.38. The molecule has 0 aromatic carbocycles. The van der Waals surface area contributed by atoms with Crippen LogP contribution in [0.4, 0.5) is 0 Å². The first-order chi connectivity index (χ1) is 7.73. The summed E-state index contributed by atoms with van der Waals surface area (Å²) in [5, 5.41) is 9.23. The summed E-state index contributed by atoms with van der Waals surface area (Å²) in [5.74, 6) is 0.446. The molecule has 100 valence electrons. The molecule has 1 saturated carbocycles. The smallest absolute Gasteiger partial charge is 0.334 e. The lowest BCUT2D eigenvalue weighted by Gasteiger charge is -2.42. The van der Waals surface area contributed by atoms with Crippen LogP contribution in [0, 0.1) is 17.3 Å². The maximum atomic E-state index is 11.5. The maximum Gasteiger partial charge on any atom is 0.334 e. The van der Waals surface area contributed by atoms with Crippen LogP contribution in [0.1, 0.15) is 53.9 Å². The molecular weight excluding hydrogens is 216 g/mol. The van der Waals surface area contributed by atoms with Gasteiger partial charge in [0, 0.05) is 0 Å². The minimum absolute atomic E-state index is 0.0409. The lowest BCUT2D eigenvalue weighted by Crippen LogP contribution is -2.40. The Morgan fingerprint density at radius 3 is 2.41 bits per heavy atom. The van der Waals surface area contributed by atoms with E-state index in [1.807, 2.05) is 0 Å². The van der Waals surface area contributed by atoms with Gasteiger partial charge < -0.3 is 9.84 Å². The second-order valence-electron chi connectivity index (χ2n) is 6.47. The van der Waals surface area contributed by atoms with Gasteiger partial charge in [-0.15, -0.1) is 0 Å². The van der Waals surface area contributed by atoms with E-state index >= 15 is 0 Å². The number of hydrogen-bond donors (Lipinski definition) is 1. The van der Waals surface area contributed by atoms with E-state index in [9.17, 15) is 9.90 Å². The summed E-state index contributed by atoms with van der Waals surface area (Å²) >= 11 is 0. The van der Waals surface area contributed by atoms with Gasteiger partial charge in [-0.2, -0.15) is 0 Å². The summed E-state index contributed by atoms with van der Waals surface area (Å²) in [4.78, 5) is 11.5. The number of aliphatic hydroxyl groups is 1. The van der Waals surface area contributed by atoms with Gasteiger partial charge in [-0.25, -0.2) is 4.79 Å². The number of esters is 1. The minimum Gasteiger partial charge on any atom is -0.460 e. The Morgan fingerprint density at radius 1 is 1.35 bits per heavy atom. The monoisotopic (exact) mass is 242 g/mol. The Labute approximate surface area is 105 Å². The molecule has 17 heavy (non-hydrogen) atoms. The molecule has 0 amide bonds. The number of ether oxygens (including phenoxy) is 1. The average molecular weight is 242 g/mol. The van der Waals surface area contributed by atoms with Gasteiger partial charge in [-0.05, 0) is 43.4 Å². The average Bonchev–Trinajstić information content (AvgIpc) is 2.15. The highest BCUT2D eigenvalue weighted by molar-refractivity contribution is 5.74. The Bertz CT molecular complexity index is 269. The van der Waals surface area contributed by atoms with Gasteiger partial charge in [0.15, 0.2) is 0 Å². The van der Waals surface area contributed by atoms with Gasteiger partial charge in [0.2, 0.25) is 0 Å². The van der Waals surface area contributed by atoms with Crippen LogP contribution in [0.3, 0.4) is 0 Å². The molecule has 3 nitrogen and oxygen atoms in total. The molecule has 1 rings (SSSR count). The van der Waals surface area contributed by atoms with Crippen molar-refractivity contribution in [1.29, 1.82) is 0 Å². The van der Waals surface area contributed by atoms with Crippen LogP contribution in [0.2, 0.25) is 0 Å². The third-order valence-electron chi connectivity index (χ3n) is 3.85. The van der Waals surface area contributed by atoms with Crippen LogP contribution in [-0.4, -0.2) is 23.3 Å². The zero-order valence-electron chi connectivity index (χ0n) is 11.7. The molecule has 0 radical (unpaired) electrons. The van der Waals surface area contributed by atoms with Crippen LogP contribution >= 0.6 is 0 Å². The fourth-order valence-electron chi connectivity index (χ4n) is 2.68. The summed E-state index contributed by atoms with van der Waals surface area (Å²) in [6.45, 7) is 10.2. The maximum absolute atomic E-state index is 11.5. The van der Waals surface area contributed by atoms with E-state index in [-0.39, 0.29) is 11.5 Å². The quantitative estimate of drug-likeness (QED) is 0.774. The molecular formula is C14H26O3. The Hall–Kier alpha value is -0.570. The SMILES string of the molecule is CC(C)C1CCC(C)(C)C[C@@H]1OC(=O)[C@H](C)O. The van der Waals surface area contributed by atoms with E-state index < -0.39 is 12.1 Å². The summed E-state index contributed by atoms with van der Waals surface area (Å²) in [7, 11) is 0. The number of aliphatic hydroxyl groups excluding tert-OH is 1. The summed E-state index contributed by atoms with van der Waals surface area (Å²) in [5.41, 5.74) is 0.231. The predicted octanol–water partition coefficient (Wildman–Crippen LogP) is 2.76. The van der Waals surface area contributed by atoms with Crippen LogP contribution in [0.5, 0.6) is 0 Å². The third-order valence-corrected chi connectivity index (χ3v) is 3.85. The lowest BCUT2D eigenvalue weighted by atomic mass is 9.68. The van der Waals surface area contributed by atoms with E-state index in [1.54, 1.807) is 0 Å². The molecule has 3 atom stereocenters. The van der Waals surface area contributed by atoms with Crippen molar-refractivity contribution in [3.05, 3.63) is 0 Å². The Morgan fingerprint density at radius 2 is 1.94 bits per heavy atom. The van der Waals surface area contributed by atoms with E-state index in [0.717, 1.165) is 12.8 Å². The minimum atomic E-state index is -1.02. The fraction of sp³-hybridized carbons (Fsp3) is 0.929. The Balaban J connectivity index is 2.71. The molecule has 0 aliphatic heterocycles. The first-order valence-corrected chi connectivity index (χ1v) is 6.61. The van der Waals surface area contributed by atoms with Crippen molar-refractivity contribution >= 4 is 5.97 Å². The van der Waals surface area contributed by atoms with Crippen molar-refractivity contribution in [1.82, 2.24) is 0 Å². The Kier molecular flexibility index (Phi) is 4.59. The fourth-order valence-corrected chi connectivity index (χ4v) is 2.68. The lowest BCUT2D eigenvalue weighted by molar-refractivity contribution is -0.166. The first kappa shape index (κ1) is 14.5. The van der Waals surface area contributed by atoms with Crippen LogP contribution in [0.15, 0.2) is 0 Å². The van der Waals surface area contributed by atoms with Crippen LogP contribution in [0.25, 0.3) is 0 Å². The van der Waals surface area contributed by atoms with Gasteiger partial charge in [-0.1, -0.05) is 27.7 Å². The molecule has 0 bridgehead atoms. The zero-order valence-corrected chi connectivity index (χ0v) is 11.7. The van der Waals surface area contributed by atoms with Gasteiger partial charge in [-0.3, -0.25) is 0 Å². The molecule has 1 N–H and O–H groups in total. The number of hydrogen-bond acceptors (Lipinski definition) is 3. The van der Waals surface area contributed by atoms with Crippen LogP contribution < -0.4 is 0 Å². The highest BCUT2D eigenvalue weighted by atomic mass is 16.6. The van der Waals surface area contributed by atoms with E-state index in [0.29, 0.717) is 11.8 Å². The summed E-state index contributed by atoms with van der Waals surface area (Å²) in [6, 6.07) is 0. The number of carbonyl (C=O) groups is 1.